The van der Waals surface area contributed by atoms with E-state index in [4.69, 9.17) is 14.6 Å². The molecule has 0 bridgehead atoms. The van der Waals surface area contributed by atoms with E-state index >= 15 is 0 Å². The standard InChI is InChI=1S/C24H30N5O7PS/c1-19-10-12-20(13-11-19)38(33,34)28(15-6-5-14-26-27-25)16-7-17-36-37(32,35-2)18-29-23(30)21-8-3-4-9-22(21)24(29)31/h3-4,8-13H,5-7,14-18H2,1-2H3. The van der Waals surface area contributed by atoms with E-state index in [9.17, 15) is 22.6 Å². The quantitative estimate of drug-likeness (QED) is 0.0766. The lowest BCUT2D eigenvalue weighted by Crippen LogP contribution is -2.34. The highest BCUT2D eigenvalue weighted by molar-refractivity contribution is 7.89. The fourth-order valence-electron chi connectivity index (χ4n) is 3.86. The van der Waals surface area contributed by atoms with Gasteiger partial charge < -0.3 is 9.05 Å². The van der Waals surface area contributed by atoms with Crippen LogP contribution < -0.4 is 0 Å². The van der Waals surface area contributed by atoms with Gasteiger partial charge in [-0.15, -0.1) is 0 Å². The second kappa shape index (κ2) is 13.1. The van der Waals surface area contributed by atoms with Crippen LogP contribution in [-0.2, 0) is 23.6 Å². The van der Waals surface area contributed by atoms with Crippen LogP contribution in [0.4, 0.5) is 0 Å². The monoisotopic (exact) mass is 563 g/mol. The molecule has 204 valence electrons. The highest BCUT2D eigenvalue weighted by Crippen LogP contribution is 2.49. The molecule has 1 heterocycles. The summed E-state index contributed by atoms with van der Waals surface area (Å²) in [6.45, 7) is 2.24. The van der Waals surface area contributed by atoms with E-state index < -0.39 is 35.7 Å². The van der Waals surface area contributed by atoms with Gasteiger partial charge in [-0.05, 0) is 56.0 Å². The van der Waals surface area contributed by atoms with Gasteiger partial charge in [0.15, 0.2) is 0 Å². The van der Waals surface area contributed by atoms with Crippen molar-refractivity contribution in [1.82, 2.24) is 9.21 Å². The number of hydrogen-bond acceptors (Lipinski definition) is 8. The van der Waals surface area contributed by atoms with Gasteiger partial charge in [-0.1, -0.05) is 34.9 Å². The Labute approximate surface area is 221 Å². The lowest BCUT2D eigenvalue weighted by Gasteiger charge is -2.24. The number of rotatable bonds is 15. The van der Waals surface area contributed by atoms with Crippen molar-refractivity contribution in [2.75, 3.05) is 39.6 Å². The fourth-order valence-corrected chi connectivity index (χ4v) is 6.69. The number of carbonyl (C=O) groups is 2. The lowest BCUT2D eigenvalue weighted by atomic mass is 10.1. The average molecular weight is 564 g/mol. The minimum Gasteiger partial charge on any atom is -0.311 e. The number of imide groups is 1. The maximum atomic E-state index is 13.3. The Morgan fingerprint density at radius 2 is 1.61 bits per heavy atom. The Hall–Kier alpha value is -3.05. The van der Waals surface area contributed by atoms with E-state index in [1.165, 1.54) is 28.6 Å². The summed E-state index contributed by atoms with van der Waals surface area (Å²) >= 11 is 0. The first kappa shape index (κ1) is 29.5. The number of unbranched alkanes of at least 4 members (excludes halogenated alkanes) is 1. The molecule has 0 radical (unpaired) electrons. The summed E-state index contributed by atoms with van der Waals surface area (Å²) in [5, 5.41) is 3.47. The smallest absolute Gasteiger partial charge is 0.311 e. The Morgan fingerprint density at radius 1 is 1.00 bits per heavy atom. The van der Waals surface area contributed by atoms with Crippen LogP contribution in [0.1, 0.15) is 45.5 Å². The minimum absolute atomic E-state index is 0.0639. The van der Waals surface area contributed by atoms with Crippen LogP contribution in [0.3, 0.4) is 0 Å². The van der Waals surface area contributed by atoms with Gasteiger partial charge >= 0.3 is 7.60 Å². The van der Waals surface area contributed by atoms with Crippen molar-refractivity contribution in [2.45, 2.75) is 31.1 Å². The molecule has 3 rings (SSSR count). The van der Waals surface area contributed by atoms with Gasteiger partial charge in [-0.25, -0.2) is 8.42 Å². The molecule has 1 atom stereocenters. The minimum atomic E-state index is -3.88. The van der Waals surface area contributed by atoms with E-state index in [1.807, 2.05) is 6.92 Å². The molecule has 14 heteroatoms. The Balaban J connectivity index is 1.63. The summed E-state index contributed by atoms with van der Waals surface area (Å²) in [6, 6.07) is 12.8. The Bertz CT molecular complexity index is 1330. The van der Waals surface area contributed by atoms with Gasteiger partial charge in [0.2, 0.25) is 10.0 Å². The van der Waals surface area contributed by atoms with E-state index in [2.05, 4.69) is 10.0 Å². The van der Waals surface area contributed by atoms with Crippen molar-refractivity contribution < 1.29 is 31.6 Å². The van der Waals surface area contributed by atoms with Crippen molar-refractivity contribution in [3.63, 3.8) is 0 Å². The largest absolute Gasteiger partial charge is 0.350 e. The Kier molecular flexibility index (Phi) is 10.2. The number of aryl methyl sites for hydroxylation is 1. The lowest BCUT2D eigenvalue weighted by molar-refractivity contribution is 0.0663. The van der Waals surface area contributed by atoms with Crippen molar-refractivity contribution in [3.8, 4) is 0 Å². The van der Waals surface area contributed by atoms with Crippen LogP contribution in [0.5, 0.6) is 0 Å². The molecule has 1 aliphatic rings. The van der Waals surface area contributed by atoms with Gasteiger partial charge in [-0.3, -0.25) is 19.1 Å². The van der Waals surface area contributed by atoms with E-state index in [0.29, 0.717) is 12.8 Å². The average Bonchev–Trinajstić information content (AvgIpc) is 3.14. The molecule has 2 aromatic rings. The number of carbonyl (C=O) groups excluding carboxylic acids is 2. The van der Waals surface area contributed by atoms with E-state index in [-0.39, 0.29) is 48.7 Å². The molecule has 2 amide bonds. The zero-order chi connectivity index (χ0) is 27.8. The SMILES string of the molecule is COP(=O)(CN1C(=O)c2ccccc2C1=O)OCCCN(CCCCN=[N+]=[N-])S(=O)(=O)c1ccc(C)cc1. The third-order valence-electron chi connectivity index (χ3n) is 5.95. The third-order valence-corrected chi connectivity index (χ3v) is 9.62. The van der Waals surface area contributed by atoms with Crippen LogP contribution in [0.2, 0.25) is 0 Å². The van der Waals surface area contributed by atoms with Crippen LogP contribution in [-0.4, -0.2) is 69.1 Å². The molecular weight excluding hydrogens is 533 g/mol. The van der Waals surface area contributed by atoms with Gasteiger partial charge in [-0.2, -0.15) is 4.31 Å². The first-order valence-corrected chi connectivity index (χ1v) is 15.1. The highest BCUT2D eigenvalue weighted by Gasteiger charge is 2.40. The molecular formula is C24H30N5O7PS. The molecule has 0 fully saturated rings. The third kappa shape index (κ3) is 7.08. The molecule has 2 aromatic carbocycles. The summed E-state index contributed by atoms with van der Waals surface area (Å²) in [4.78, 5) is 28.9. The summed E-state index contributed by atoms with van der Waals surface area (Å²) < 4.78 is 51.6. The predicted octanol–water partition coefficient (Wildman–Crippen LogP) is 4.58. The van der Waals surface area contributed by atoms with Crippen LogP contribution in [0.15, 0.2) is 58.5 Å². The van der Waals surface area contributed by atoms with E-state index in [1.54, 1.807) is 24.3 Å². The van der Waals surface area contributed by atoms with Gasteiger partial charge in [0.05, 0.1) is 22.6 Å². The van der Waals surface area contributed by atoms with Crippen molar-refractivity contribution in [2.24, 2.45) is 5.11 Å². The van der Waals surface area contributed by atoms with Crippen molar-refractivity contribution in [3.05, 3.63) is 75.7 Å². The van der Waals surface area contributed by atoms with Crippen LogP contribution >= 0.6 is 7.60 Å². The van der Waals surface area contributed by atoms with Crippen LogP contribution in [0.25, 0.3) is 10.4 Å². The summed E-state index contributed by atoms with van der Waals surface area (Å²) in [7, 11) is -6.54. The zero-order valence-corrected chi connectivity index (χ0v) is 22.9. The highest BCUT2D eigenvalue weighted by atomic mass is 32.2. The van der Waals surface area contributed by atoms with Gasteiger partial charge in [0.1, 0.15) is 6.29 Å². The molecule has 0 saturated heterocycles. The normalized spacial score (nSPS) is 14.9. The number of nitrogens with zero attached hydrogens (tertiary/aromatic N) is 5. The number of amides is 2. The van der Waals surface area contributed by atoms with E-state index in [0.717, 1.165) is 17.6 Å². The molecule has 38 heavy (non-hydrogen) atoms. The number of fused-ring (bicyclic) bond motifs is 1. The second-order valence-electron chi connectivity index (χ2n) is 8.58. The number of azide groups is 1. The predicted molar refractivity (Wildman–Crippen MR) is 140 cm³/mol. The summed E-state index contributed by atoms with van der Waals surface area (Å²) in [5.74, 6) is -1.16. The maximum Gasteiger partial charge on any atom is 0.350 e. The van der Waals surface area contributed by atoms with Crippen molar-refractivity contribution in [1.29, 1.82) is 0 Å². The second-order valence-corrected chi connectivity index (χ2v) is 12.7. The summed E-state index contributed by atoms with van der Waals surface area (Å²) in [5.41, 5.74) is 9.80. The first-order chi connectivity index (χ1) is 18.1. The van der Waals surface area contributed by atoms with Gasteiger partial charge in [0.25, 0.3) is 11.8 Å². The topological polar surface area (TPSA) is 159 Å². The van der Waals surface area contributed by atoms with Crippen molar-refractivity contribution >= 4 is 29.4 Å². The molecule has 0 N–H and O–H groups in total. The Morgan fingerprint density at radius 3 is 2.18 bits per heavy atom. The van der Waals surface area contributed by atoms with Gasteiger partial charge in [0, 0.05) is 31.7 Å². The zero-order valence-electron chi connectivity index (χ0n) is 21.2. The fraction of sp³-hybridized carbons (Fsp3) is 0.417. The number of sulfonamides is 1. The maximum absolute atomic E-state index is 13.3. The molecule has 0 aliphatic carbocycles. The molecule has 1 aliphatic heterocycles. The molecule has 0 aromatic heterocycles. The molecule has 0 saturated carbocycles. The summed E-state index contributed by atoms with van der Waals surface area (Å²) in [6.07, 6.45) is 0.610. The molecule has 12 nitrogen and oxygen atoms in total. The molecule has 1 unspecified atom stereocenters. The number of hydrogen-bond donors (Lipinski definition) is 0. The molecule has 0 spiro atoms. The van der Waals surface area contributed by atoms with Crippen LogP contribution in [0, 0.1) is 6.92 Å². The number of benzene rings is 2. The first-order valence-electron chi connectivity index (χ1n) is 11.9.